The van der Waals surface area contributed by atoms with Crippen LogP contribution in [0.25, 0.3) is 0 Å². The van der Waals surface area contributed by atoms with Crippen LogP contribution in [0.5, 0.6) is 0 Å². The summed E-state index contributed by atoms with van der Waals surface area (Å²) in [5, 5.41) is 9.95. The minimum absolute atomic E-state index is 0.183. The number of halogens is 2. The van der Waals surface area contributed by atoms with Gasteiger partial charge < -0.3 is 9.84 Å². The van der Waals surface area contributed by atoms with Gasteiger partial charge in [0.05, 0.1) is 12.2 Å². The van der Waals surface area contributed by atoms with Crippen molar-refractivity contribution in [1.82, 2.24) is 0 Å². The predicted molar refractivity (Wildman–Crippen MR) is 59.7 cm³/mol. The van der Waals surface area contributed by atoms with Crippen molar-refractivity contribution >= 4 is 0 Å². The summed E-state index contributed by atoms with van der Waals surface area (Å²) in [4.78, 5) is 0. The highest BCUT2D eigenvalue weighted by Crippen LogP contribution is 2.19. The molecule has 2 unspecified atom stereocenters. The van der Waals surface area contributed by atoms with Gasteiger partial charge in [0.1, 0.15) is 0 Å². The highest BCUT2D eigenvalue weighted by Gasteiger charge is 2.22. The molecule has 1 heterocycles. The summed E-state index contributed by atoms with van der Waals surface area (Å²) in [6, 6.07) is 3.70. The molecule has 1 fully saturated rings. The zero-order chi connectivity index (χ0) is 12.3. The maximum Gasteiger partial charge on any atom is 0.159 e. The minimum Gasteiger partial charge on any atom is -0.390 e. The molecular weight excluding hydrogens is 226 g/mol. The Bertz CT molecular complexity index is 376. The van der Waals surface area contributed by atoms with Crippen LogP contribution in [0, 0.1) is 11.6 Å². The molecule has 4 heteroatoms. The zero-order valence-corrected chi connectivity index (χ0v) is 9.53. The van der Waals surface area contributed by atoms with E-state index in [0.717, 1.165) is 31.4 Å². The van der Waals surface area contributed by atoms with Crippen molar-refractivity contribution in [3.63, 3.8) is 0 Å². The number of hydrogen-bond acceptors (Lipinski definition) is 2. The van der Waals surface area contributed by atoms with E-state index in [4.69, 9.17) is 4.74 Å². The van der Waals surface area contributed by atoms with Crippen LogP contribution in [0.15, 0.2) is 18.2 Å². The van der Waals surface area contributed by atoms with Crippen LogP contribution in [0.1, 0.15) is 24.8 Å². The third kappa shape index (κ3) is 3.23. The van der Waals surface area contributed by atoms with Gasteiger partial charge in [-0.05, 0) is 37.0 Å². The van der Waals surface area contributed by atoms with Crippen molar-refractivity contribution in [2.24, 2.45) is 0 Å². The van der Waals surface area contributed by atoms with Crippen molar-refractivity contribution in [2.45, 2.75) is 37.9 Å². The summed E-state index contributed by atoms with van der Waals surface area (Å²) in [5.41, 5.74) is 0.588. The number of aliphatic hydroxyl groups is 1. The molecule has 1 aliphatic heterocycles. The monoisotopic (exact) mass is 242 g/mol. The van der Waals surface area contributed by atoms with Crippen LogP contribution >= 0.6 is 0 Å². The van der Waals surface area contributed by atoms with Crippen LogP contribution in [-0.4, -0.2) is 23.9 Å². The first-order chi connectivity index (χ1) is 8.16. The van der Waals surface area contributed by atoms with E-state index >= 15 is 0 Å². The van der Waals surface area contributed by atoms with Crippen LogP contribution in [0.4, 0.5) is 8.78 Å². The van der Waals surface area contributed by atoms with Crippen molar-refractivity contribution < 1.29 is 18.6 Å². The smallest absolute Gasteiger partial charge is 0.159 e. The maximum absolute atomic E-state index is 13.0. The van der Waals surface area contributed by atoms with E-state index in [9.17, 15) is 13.9 Å². The Morgan fingerprint density at radius 3 is 2.76 bits per heavy atom. The second kappa shape index (κ2) is 5.56. The molecule has 1 aromatic rings. The molecule has 94 valence electrons. The van der Waals surface area contributed by atoms with Crippen LogP contribution in [0.3, 0.4) is 0 Å². The molecule has 2 rings (SSSR count). The molecular formula is C13H16F2O2. The van der Waals surface area contributed by atoms with Gasteiger partial charge in [0.2, 0.25) is 0 Å². The fraction of sp³-hybridized carbons (Fsp3) is 0.538. The van der Waals surface area contributed by atoms with Crippen molar-refractivity contribution in [1.29, 1.82) is 0 Å². The molecule has 0 radical (unpaired) electrons. The molecule has 0 spiro atoms. The van der Waals surface area contributed by atoms with Crippen molar-refractivity contribution in [3.05, 3.63) is 35.4 Å². The van der Waals surface area contributed by atoms with Gasteiger partial charge >= 0.3 is 0 Å². The molecule has 2 nitrogen and oxygen atoms in total. The lowest BCUT2D eigenvalue weighted by Gasteiger charge is -2.27. The van der Waals surface area contributed by atoms with E-state index in [1.54, 1.807) is 0 Å². The third-order valence-electron chi connectivity index (χ3n) is 3.07. The molecule has 1 N–H and O–H groups in total. The molecule has 1 aromatic carbocycles. The standard InChI is InChI=1S/C13H16F2O2/c14-10-5-4-9(7-11(10)15)8-12(16)13-3-1-2-6-17-13/h4-5,7,12-13,16H,1-3,6,8H2. The first-order valence-electron chi connectivity index (χ1n) is 5.90. The van der Waals surface area contributed by atoms with E-state index in [2.05, 4.69) is 0 Å². The highest BCUT2D eigenvalue weighted by molar-refractivity contribution is 5.18. The summed E-state index contributed by atoms with van der Waals surface area (Å²) in [6.45, 7) is 0.666. The second-order valence-electron chi connectivity index (χ2n) is 4.42. The Balaban J connectivity index is 1.96. The highest BCUT2D eigenvalue weighted by atomic mass is 19.2. The Morgan fingerprint density at radius 2 is 2.12 bits per heavy atom. The van der Waals surface area contributed by atoms with Gasteiger partial charge in [-0.15, -0.1) is 0 Å². The molecule has 0 aliphatic carbocycles. The number of benzene rings is 1. The van der Waals surface area contributed by atoms with Gasteiger partial charge in [0.15, 0.2) is 11.6 Å². The van der Waals surface area contributed by atoms with Crippen LogP contribution in [0.2, 0.25) is 0 Å². The van der Waals surface area contributed by atoms with Gasteiger partial charge in [-0.25, -0.2) is 8.78 Å². The SMILES string of the molecule is OC(Cc1ccc(F)c(F)c1)C1CCCCO1. The van der Waals surface area contributed by atoms with E-state index in [-0.39, 0.29) is 6.10 Å². The lowest BCUT2D eigenvalue weighted by atomic mass is 9.98. The van der Waals surface area contributed by atoms with E-state index < -0.39 is 17.7 Å². The topological polar surface area (TPSA) is 29.5 Å². The summed E-state index contributed by atoms with van der Waals surface area (Å²) < 4.78 is 31.2. The third-order valence-corrected chi connectivity index (χ3v) is 3.07. The largest absolute Gasteiger partial charge is 0.390 e. The number of hydrogen-bond donors (Lipinski definition) is 1. The molecule has 2 atom stereocenters. The number of rotatable bonds is 3. The summed E-state index contributed by atoms with van der Waals surface area (Å²) in [6.07, 6.45) is 2.35. The van der Waals surface area contributed by atoms with Gasteiger partial charge in [0.25, 0.3) is 0 Å². The lowest BCUT2D eigenvalue weighted by Crippen LogP contribution is -2.33. The Morgan fingerprint density at radius 1 is 1.29 bits per heavy atom. The van der Waals surface area contributed by atoms with Crippen LogP contribution in [-0.2, 0) is 11.2 Å². The molecule has 0 aromatic heterocycles. The van der Waals surface area contributed by atoms with Gasteiger partial charge in [-0.2, -0.15) is 0 Å². The van der Waals surface area contributed by atoms with Crippen molar-refractivity contribution in [3.8, 4) is 0 Å². The molecule has 1 saturated heterocycles. The van der Waals surface area contributed by atoms with E-state index in [1.165, 1.54) is 6.07 Å². The fourth-order valence-electron chi connectivity index (χ4n) is 2.11. The van der Waals surface area contributed by atoms with Crippen molar-refractivity contribution in [2.75, 3.05) is 6.61 Å². The predicted octanol–water partition coefficient (Wildman–Crippen LogP) is 2.44. The van der Waals surface area contributed by atoms with Gasteiger partial charge in [-0.3, -0.25) is 0 Å². The first-order valence-corrected chi connectivity index (χ1v) is 5.90. The molecule has 17 heavy (non-hydrogen) atoms. The number of ether oxygens (including phenoxy) is 1. The van der Waals surface area contributed by atoms with E-state index in [0.29, 0.717) is 18.6 Å². The van der Waals surface area contributed by atoms with Gasteiger partial charge in [-0.1, -0.05) is 6.07 Å². The van der Waals surface area contributed by atoms with E-state index in [1.807, 2.05) is 0 Å². The fourth-order valence-corrected chi connectivity index (χ4v) is 2.11. The minimum atomic E-state index is -0.876. The zero-order valence-electron chi connectivity index (χ0n) is 9.53. The second-order valence-corrected chi connectivity index (χ2v) is 4.42. The van der Waals surface area contributed by atoms with Crippen LogP contribution < -0.4 is 0 Å². The molecule has 0 saturated carbocycles. The Kier molecular flexibility index (Phi) is 4.07. The quantitative estimate of drug-likeness (QED) is 0.882. The Hall–Kier alpha value is -1.00. The summed E-state index contributed by atoms with van der Waals surface area (Å²) in [7, 11) is 0. The molecule has 1 aliphatic rings. The average molecular weight is 242 g/mol. The lowest BCUT2D eigenvalue weighted by molar-refractivity contribution is -0.0611. The summed E-state index contributed by atoms with van der Waals surface area (Å²) >= 11 is 0. The Labute approximate surface area is 99.2 Å². The molecule has 0 amide bonds. The average Bonchev–Trinajstić information content (AvgIpc) is 2.35. The molecule has 0 bridgehead atoms. The van der Waals surface area contributed by atoms with Gasteiger partial charge in [0, 0.05) is 13.0 Å². The maximum atomic E-state index is 13.0. The summed E-state index contributed by atoms with van der Waals surface area (Å²) in [5.74, 6) is -1.74. The first kappa shape index (κ1) is 12.5. The normalized spacial score (nSPS) is 22.4. The number of aliphatic hydroxyl groups excluding tert-OH is 1.